The van der Waals surface area contributed by atoms with Crippen LogP contribution in [-0.2, 0) is 9.37 Å². The van der Waals surface area contributed by atoms with Crippen LogP contribution in [0.1, 0.15) is 53.0 Å². The van der Waals surface area contributed by atoms with Crippen LogP contribution in [-0.4, -0.2) is 33.6 Å². The zero-order valence-corrected chi connectivity index (χ0v) is 27.5. The number of hydrogen-bond donors (Lipinski definition) is 1. The van der Waals surface area contributed by atoms with Gasteiger partial charge in [0.1, 0.15) is 5.92 Å². The van der Waals surface area contributed by atoms with Crippen LogP contribution >= 0.6 is 105 Å². The van der Waals surface area contributed by atoms with Crippen molar-refractivity contribution in [1.82, 2.24) is 4.98 Å². The number of pyridine rings is 1. The van der Waals surface area contributed by atoms with Gasteiger partial charge in [0.2, 0.25) is 0 Å². The molecule has 1 aromatic heterocycles. The average Bonchev–Trinajstić information content (AvgIpc) is 3.42. The van der Waals surface area contributed by atoms with Gasteiger partial charge in [0.05, 0.1) is 91.4 Å². The Morgan fingerprint density at radius 1 is 0.682 bits per heavy atom. The van der Waals surface area contributed by atoms with E-state index in [1.165, 1.54) is 24.3 Å². The molecule has 0 atom stereocenters. The maximum atomic E-state index is 13.7. The topological polar surface area (TPSA) is 123 Å². The number of nitrogens with zero attached hydrogens (tertiary/aromatic N) is 2. The number of amides is 2. The molecule has 0 spiro atoms. The van der Waals surface area contributed by atoms with Crippen molar-refractivity contribution in [3.63, 3.8) is 0 Å². The number of halogens is 8. The van der Waals surface area contributed by atoms with Crippen molar-refractivity contribution in [2.45, 2.75) is 10.8 Å². The van der Waals surface area contributed by atoms with Gasteiger partial charge in [-0.25, -0.2) is 15.1 Å². The molecule has 1 N–H and O–H groups in total. The molecule has 2 amide bonds. The molecule has 2 heterocycles. The maximum absolute atomic E-state index is 13.7. The molecule has 0 saturated carbocycles. The van der Waals surface area contributed by atoms with Crippen LogP contribution in [0, 0.1) is 0 Å². The van der Waals surface area contributed by atoms with Gasteiger partial charge in [-0.05, 0) is 18.2 Å². The third-order valence-corrected chi connectivity index (χ3v) is 11.0. The summed E-state index contributed by atoms with van der Waals surface area (Å²) in [5.41, 5.74) is -1.26. The number of Topliss-reactive ketones (excluding diaryl/α,β-unsaturated/α-hetero) is 2. The number of ketones is 2. The molecular formula is C26H6Cl8N2O7S. The fourth-order valence-corrected chi connectivity index (χ4v) is 7.47. The summed E-state index contributed by atoms with van der Waals surface area (Å²) in [4.78, 5) is 60.0. The molecule has 0 unspecified atom stereocenters. The molecule has 0 bridgehead atoms. The van der Waals surface area contributed by atoms with E-state index in [4.69, 9.17) is 98.1 Å². The van der Waals surface area contributed by atoms with Gasteiger partial charge in [0, 0.05) is 10.3 Å². The summed E-state index contributed by atoms with van der Waals surface area (Å²) in [5, 5.41) is 10.7. The Morgan fingerprint density at radius 2 is 1.16 bits per heavy atom. The molecule has 2 aliphatic rings. The molecule has 224 valence electrons. The minimum atomic E-state index is -1.52. The number of benzene rings is 3. The minimum Gasteiger partial charge on any atom is -0.293 e. The van der Waals surface area contributed by atoms with E-state index in [9.17, 15) is 19.2 Å². The van der Waals surface area contributed by atoms with E-state index in [-0.39, 0.29) is 84.2 Å². The number of carbonyl (C=O) groups is 4. The molecule has 4 aromatic rings. The lowest BCUT2D eigenvalue weighted by atomic mass is 9.98. The van der Waals surface area contributed by atoms with Crippen LogP contribution in [0.3, 0.4) is 0 Å². The van der Waals surface area contributed by atoms with Crippen LogP contribution in [0.25, 0.3) is 10.9 Å². The normalized spacial score (nSPS) is 14.8. The first kappa shape index (κ1) is 32.1. The summed E-state index contributed by atoms with van der Waals surface area (Å²) >= 11 is 50.3. The Labute approximate surface area is 289 Å². The van der Waals surface area contributed by atoms with Crippen molar-refractivity contribution in [3.05, 3.63) is 92.4 Å². The monoisotopic (exact) mass is 770 g/mol. The van der Waals surface area contributed by atoms with Gasteiger partial charge >= 0.3 is 0 Å². The highest BCUT2D eigenvalue weighted by molar-refractivity contribution is 7.94. The second kappa shape index (κ2) is 11.7. The van der Waals surface area contributed by atoms with Gasteiger partial charge < -0.3 is 0 Å². The largest absolute Gasteiger partial charge is 0.293 e. The zero-order valence-electron chi connectivity index (χ0n) is 20.6. The van der Waals surface area contributed by atoms with Crippen molar-refractivity contribution in [2.75, 3.05) is 4.90 Å². The van der Waals surface area contributed by atoms with E-state index in [2.05, 4.69) is 14.4 Å². The Balaban J connectivity index is 1.56. The van der Waals surface area contributed by atoms with Gasteiger partial charge in [-0.1, -0.05) is 104 Å². The van der Waals surface area contributed by atoms with E-state index >= 15 is 0 Å². The number of aromatic nitrogens is 1. The Kier molecular flexibility index (Phi) is 8.54. The van der Waals surface area contributed by atoms with Crippen LogP contribution in [0.4, 0.5) is 5.69 Å². The van der Waals surface area contributed by atoms with E-state index in [0.29, 0.717) is 17.4 Å². The van der Waals surface area contributed by atoms with Crippen molar-refractivity contribution < 1.29 is 33.8 Å². The third-order valence-electron chi connectivity index (χ3n) is 6.85. The Hall–Kier alpha value is -1.90. The van der Waals surface area contributed by atoms with Gasteiger partial charge in [0.15, 0.2) is 11.6 Å². The van der Waals surface area contributed by atoms with Crippen LogP contribution in [0.2, 0.25) is 40.2 Å². The van der Waals surface area contributed by atoms with Crippen molar-refractivity contribution in [2.24, 2.45) is 0 Å². The number of rotatable bonds is 5. The predicted octanol–water partition coefficient (Wildman–Crippen LogP) is 9.85. The number of imide groups is 1. The summed E-state index contributed by atoms with van der Waals surface area (Å²) in [6.07, 6.45) is 0. The van der Waals surface area contributed by atoms with Crippen LogP contribution in [0.5, 0.6) is 0 Å². The second-order valence-corrected chi connectivity index (χ2v) is 12.9. The smallest absolute Gasteiger partial charge is 0.267 e. The van der Waals surface area contributed by atoms with Gasteiger partial charge in [-0.3, -0.25) is 19.2 Å². The first-order valence-corrected chi connectivity index (χ1v) is 15.4. The minimum absolute atomic E-state index is 0.0134. The molecule has 9 nitrogen and oxygen atoms in total. The fraction of sp³-hybridized carbons (Fsp3) is 0.0385. The maximum Gasteiger partial charge on any atom is 0.267 e. The lowest BCUT2D eigenvalue weighted by molar-refractivity contribution is -0.432. The summed E-state index contributed by atoms with van der Waals surface area (Å²) in [7, 11) is 0. The highest BCUT2D eigenvalue weighted by Crippen LogP contribution is 2.49. The molecule has 1 aliphatic carbocycles. The number of fused-ring (bicyclic) bond motifs is 3. The van der Waals surface area contributed by atoms with Gasteiger partial charge in [0.25, 0.3) is 11.8 Å². The summed E-state index contributed by atoms with van der Waals surface area (Å²) in [5.74, 6) is -4.85. The van der Waals surface area contributed by atoms with Crippen LogP contribution < -0.4 is 4.90 Å². The van der Waals surface area contributed by atoms with E-state index in [0.717, 1.165) is 4.90 Å². The first-order valence-electron chi connectivity index (χ1n) is 11.6. The van der Waals surface area contributed by atoms with E-state index < -0.39 is 29.3 Å². The molecule has 18 heteroatoms. The standard InChI is InChI=1S/C26H6Cl8N2O7S/c27-14-10-11(15(28)19(32)18(14)31)24(38)9(23(10)37)7-2-1-5-3-6(44-43-42-41)4-8(22(5)35-7)36-25(39)12-13(26(36)40)17(30)21(34)20(33)16(12)29/h1-4,9,41H. The molecule has 0 fully saturated rings. The van der Waals surface area contributed by atoms with Crippen molar-refractivity contribution in [3.8, 4) is 0 Å². The quantitative estimate of drug-likeness (QED) is 0.0402. The van der Waals surface area contributed by atoms with Crippen molar-refractivity contribution >= 4 is 145 Å². The average molecular weight is 774 g/mol. The van der Waals surface area contributed by atoms with Crippen LogP contribution in [0.15, 0.2) is 29.2 Å². The van der Waals surface area contributed by atoms with E-state index in [1.807, 2.05) is 0 Å². The Bertz CT molecular complexity index is 1960. The molecule has 0 saturated heterocycles. The number of anilines is 1. The van der Waals surface area contributed by atoms with Gasteiger partial charge in [-0.15, -0.1) is 4.33 Å². The third kappa shape index (κ3) is 4.63. The Morgan fingerprint density at radius 3 is 1.64 bits per heavy atom. The second-order valence-electron chi connectivity index (χ2n) is 9.10. The SMILES string of the molecule is O=C1c2c(Cl)c(Cl)c(Cl)c(Cl)c2C(=O)C1c1ccc2cc(SOOO)cc(N3C(=O)c4c(Cl)c(Cl)c(Cl)c(Cl)c4C3=O)c2n1. The summed E-state index contributed by atoms with van der Waals surface area (Å²) in [6.45, 7) is 0. The first-order chi connectivity index (χ1) is 20.8. The lowest BCUT2D eigenvalue weighted by Gasteiger charge is -2.18. The highest BCUT2D eigenvalue weighted by atomic mass is 35.5. The summed E-state index contributed by atoms with van der Waals surface area (Å²) < 4.78 is 4.53. The van der Waals surface area contributed by atoms with Gasteiger partial charge in [-0.2, -0.15) is 0 Å². The molecular weight excluding hydrogens is 768 g/mol. The number of hydrogen-bond acceptors (Lipinski definition) is 9. The molecule has 0 radical (unpaired) electrons. The molecule has 6 rings (SSSR count). The molecule has 1 aliphatic heterocycles. The lowest BCUT2D eigenvalue weighted by Crippen LogP contribution is -2.30. The zero-order chi connectivity index (χ0) is 31.9. The van der Waals surface area contributed by atoms with E-state index in [1.54, 1.807) is 0 Å². The highest BCUT2D eigenvalue weighted by Gasteiger charge is 2.46. The molecule has 3 aromatic carbocycles. The number of carbonyl (C=O) groups excluding carboxylic acids is 4. The molecule has 44 heavy (non-hydrogen) atoms. The summed E-state index contributed by atoms with van der Waals surface area (Å²) in [6, 6.07) is 5.67. The fourth-order valence-electron chi connectivity index (χ4n) is 4.98. The predicted molar refractivity (Wildman–Crippen MR) is 168 cm³/mol. The van der Waals surface area contributed by atoms with Crippen molar-refractivity contribution in [1.29, 1.82) is 0 Å².